The molecule has 0 spiro atoms. The molecule has 1 saturated carbocycles. The summed E-state index contributed by atoms with van der Waals surface area (Å²) in [6.45, 7) is 13.7. The Labute approximate surface area is 249 Å². The van der Waals surface area contributed by atoms with E-state index >= 15 is 0 Å². The second-order valence-electron chi connectivity index (χ2n) is 14.3. The second kappa shape index (κ2) is 11.6. The number of imide groups is 1. The van der Waals surface area contributed by atoms with Crippen molar-refractivity contribution in [3.8, 4) is 5.75 Å². The summed E-state index contributed by atoms with van der Waals surface area (Å²) in [5, 5.41) is 0. The zero-order valence-electron chi connectivity index (χ0n) is 25.8. The number of hydrogen-bond acceptors (Lipinski definition) is 7. The standard InChI is InChI=1S/C31H45N3O7Si/c1-31(2,3)41-30(38)32-14-13-20-7-11-25(27(20)32)40-22-8-9-23-21(17-22)18-33(28(23)36)24-10-12-26(35)34(29(24)37)19-39-15-16-42(4,5)6/h8-9,17,20,24-25,27H,7,10-16,18-19H2,1-6H3/t20-,24?,25+,27+/m1/s1. The van der Waals surface area contributed by atoms with E-state index in [1.165, 1.54) is 0 Å². The minimum absolute atomic E-state index is 0.0393. The maximum atomic E-state index is 13.4. The highest BCUT2D eigenvalue weighted by Gasteiger charge is 2.49. The number of ether oxygens (including phenoxy) is 3. The molecule has 0 bridgehead atoms. The van der Waals surface area contributed by atoms with Gasteiger partial charge in [0.25, 0.3) is 11.8 Å². The van der Waals surface area contributed by atoms with Crippen LogP contribution < -0.4 is 4.74 Å². The highest BCUT2D eigenvalue weighted by atomic mass is 28.3. The summed E-state index contributed by atoms with van der Waals surface area (Å²) < 4.78 is 17.8. The van der Waals surface area contributed by atoms with Gasteiger partial charge in [0.2, 0.25) is 5.91 Å². The maximum absolute atomic E-state index is 13.4. The number of carbonyl (C=O) groups excluding carboxylic acids is 4. The molecule has 1 aromatic carbocycles. The Morgan fingerprint density at radius 2 is 1.81 bits per heavy atom. The topological polar surface area (TPSA) is 106 Å². The van der Waals surface area contributed by atoms with Crippen LogP contribution in [0.1, 0.15) is 68.8 Å². The van der Waals surface area contributed by atoms with Crippen LogP contribution >= 0.6 is 0 Å². The fraction of sp³-hybridized carbons (Fsp3) is 0.677. The quantitative estimate of drug-likeness (QED) is 0.244. The van der Waals surface area contributed by atoms with E-state index in [1.54, 1.807) is 17.0 Å². The average Bonchev–Trinajstić information content (AvgIpc) is 3.57. The van der Waals surface area contributed by atoms with Gasteiger partial charge in [-0.25, -0.2) is 4.79 Å². The molecule has 1 aromatic rings. The average molecular weight is 600 g/mol. The Bertz CT molecular complexity index is 1240. The normalized spacial score (nSPS) is 26.1. The Balaban J connectivity index is 1.23. The van der Waals surface area contributed by atoms with E-state index in [4.69, 9.17) is 14.2 Å². The van der Waals surface area contributed by atoms with E-state index in [-0.39, 0.29) is 55.7 Å². The van der Waals surface area contributed by atoms with Crippen molar-refractivity contribution < 1.29 is 33.4 Å². The molecular formula is C31H45N3O7Si. The van der Waals surface area contributed by atoms with Crippen molar-refractivity contribution in [2.75, 3.05) is 19.9 Å². The van der Waals surface area contributed by atoms with Gasteiger partial charge in [-0.3, -0.25) is 19.3 Å². The number of rotatable bonds is 8. The van der Waals surface area contributed by atoms with Crippen molar-refractivity contribution in [3.63, 3.8) is 0 Å². The minimum atomic E-state index is -1.30. The zero-order valence-corrected chi connectivity index (χ0v) is 26.8. The molecule has 11 heteroatoms. The number of fused-ring (bicyclic) bond motifs is 2. The van der Waals surface area contributed by atoms with E-state index < -0.39 is 19.7 Å². The Hall–Kier alpha value is -2.92. The number of likely N-dealkylation sites (tertiary alicyclic amines) is 2. The summed E-state index contributed by atoms with van der Waals surface area (Å²) in [6.07, 6.45) is 2.82. The van der Waals surface area contributed by atoms with Crippen molar-refractivity contribution in [1.82, 2.24) is 14.7 Å². The molecule has 0 aromatic heterocycles. The van der Waals surface area contributed by atoms with Gasteiger partial charge in [-0.2, -0.15) is 0 Å². The molecule has 4 atom stereocenters. The first-order chi connectivity index (χ1) is 19.7. The molecule has 1 unspecified atom stereocenters. The molecule has 4 amide bonds. The summed E-state index contributed by atoms with van der Waals surface area (Å²) in [4.78, 5) is 56.8. The molecule has 0 radical (unpaired) electrons. The van der Waals surface area contributed by atoms with Crippen LogP contribution in [0.2, 0.25) is 25.7 Å². The Morgan fingerprint density at radius 3 is 2.52 bits per heavy atom. The monoisotopic (exact) mass is 599 g/mol. The SMILES string of the molecule is CC(C)(C)OC(=O)N1CC[C@H]2CC[C@H](Oc3ccc4c(c3)CN(C3CCC(=O)N(COCC[Si](C)(C)C)C3=O)C4=O)[C@H]21. The number of benzene rings is 1. The van der Waals surface area contributed by atoms with Gasteiger partial charge in [-0.15, -0.1) is 0 Å². The van der Waals surface area contributed by atoms with Crippen molar-refractivity contribution in [2.45, 2.75) is 109 Å². The van der Waals surface area contributed by atoms with Crippen molar-refractivity contribution >= 4 is 31.9 Å². The first-order valence-electron chi connectivity index (χ1n) is 15.2. The summed E-state index contributed by atoms with van der Waals surface area (Å²) >= 11 is 0. The highest BCUT2D eigenvalue weighted by molar-refractivity contribution is 6.76. The van der Waals surface area contributed by atoms with E-state index in [0.717, 1.165) is 35.8 Å². The lowest BCUT2D eigenvalue weighted by Crippen LogP contribution is -2.55. The molecule has 0 N–H and O–H groups in total. The van der Waals surface area contributed by atoms with Gasteiger partial charge in [-0.05, 0) is 82.2 Å². The van der Waals surface area contributed by atoms with Crippen LogP contribution in [-0.2, 0) is 25.6 Å². The number of nitrogens with zero attached hydrogens (tertiary/aromatic N) is 3. The van der Waals surface area contributed by atoms with Gasteiger partial charge in [0.1, 0.15) is 30.2 Å². The first-order valence-corrected chi connectivity index (χ1v) is 18.9. The van der Waals surface area contributed by atoms with Gasteiger partial charge < -0.3 is 24.0 Å². The van der Waals surface area contributed by atoms with Crippen molar-refractivity contribution in [2.24, 2.45) is 5.92 Å². The van der Waals surface area contributed by atoms with Gasteiger partial charge in [0.05, 0.1) is 6.04 Å². The maximum Gasteiger partial charge on any atom is 0.410 e. The smallest absolute Gasteiger partial charge is 0.410 e. The molecule has 10 nitrogen and oxygen atoms in total. The zero-order chi connectivity index (χ0) is 30.4. The molecule has 230 valence electrons. The highest BCUT2D eigenvalue weighted by Crippen LogP contribution is 2.41. The number of carbonyl (C=O) groups is 4. The van der Waals surface area contributed by atoms with Crippen LogP contribution in [0.25, 0.3) is 0 Å². The number of piperidine rings is 1. The molecule has 4 aliphatic rings. The molecule has 3 heterocycles. The molecule has 42 heavy (non-hydrogen) atoms. The second-order valence-corrected chi connectivity index (χ2v) is 19.9. The van der Waals surface area contributed by atoms with Crippen LogP contribution in [0, 0.1) is 5.92 Å². The molecule has 1 aliphatic carbocycles. The summed E-state index contributed by atoms with van der Waals surface area (Å²) in [5.74, 6) is 0.185. The molecule has 5 rings (SSSR count). The summed E-state index contributed by atoms with van der Waals surface area (Å²) in [5.41, 5.74) is 0.781. The van der Waals surface area contributed by atoms with Gasteiger partial charge >= 0.3 is 6.09 Å². The van der Waals surface area contributed by atoms with Gasteiger partial charge in [-0.1, -0.05) is 19.6 Å². The molecular weight excluding hydrogens is 554 g/mol. The predicted octanol–water partition coefficient (Wildman–Crippen LogP) is 4.64. The third-order valence-electron chi connectivity index (χ3n) is 8.69. The Morgan fingerprint density at radius 1 is 1.05 bits per heavy atom. The largest absolute Gasteiger partial charge is 0.488 e. The van der Waals surface area contributed by atoms with Crippen LogP contribution in [-0.4, -0.2) is 90.3 Å². The fourth-order valence-corrected chi connectivity index (χ4v) is 7.27. The summed E-state index contributed by atoms with van der Waals surface area (Å²) in [6, 6.07) is 5.63. The number of amides is 4. The molecule has 2 saturated heterocycles. The van der Waals surface area contributed by atoms with E-state index in [0.29, 0.717) is 36.8 Å². The molecule has 3 aliphatic heterocycles. The first kappa shape index (κ1) is 30.5. The third-order valence-corrected chi connectivity index (χ3v) is 10.4. The minimum Gasteiger partial charge on any atom is -0.488 e. The van der Waals surface area contributed by atoms with Crippen LogP contribution in [0.4, 0.5) is 4.79 Å². The van der Waals surface area contributed by atoms with Crippen LogP contribution in [0.15, 0.2) is 18.2 Å². The van der Waals surface area contributed by atoms with Crippen LogP contribution in [0.3, 0.4) is 0 Å². The lowest BCUT2D eigenvalue weighted by molar-refractivity contribution is -0.158. The van der Waals surface area contributed by atoms with Crippen LogP contribution in [0.5, 0.6) is 5.75 Å². The summed E-state index contributed by atoms with van der Waals surface area (Å²) in [7, 11) is -1.30. The Kier molecular flexibility index (Phi) is 8.46. The van der Waals surface area contributed by atoms with E-state index in [9.17, 15) is 19.2 Å². The molecule has 3 fully saturated rings. The van der Waals surface area contributed by atoms with E-state index in [2.05, 4.69) is 19.6 Å². The van der Waals surface area contributed by atoms with Gasteiger partial charge in [0, 0.05) is 39.8 Å². The van der Waals surface area contributed by atoms with Crippen molar-refractivity contribution in [3.05, 3.63) is 29.3 Å². The third kappa shape index (κ3) is 6.51. The predicted molar refractivity (Wildman–Crippen MR) is 159 cm³/mol. The number of hydrogen-bond donors (Lipinski definition) is 0. The van der Waals surface area contributed by atoms with Gasteiger partial charge in [0.15, 0.2) is 0 Å². The lowest BCUT2D eigenvalue weighted by atomic mass is 10.0. The fourth-order valence-electron chi connectivity index (χ4n) is 6.51. The van der Waals surface area contributed by atoms with E-state index in [1.807, 2.05) is 31.7 Å². The van der Waals surface area contributed by atoms with Crippen molar-refractivity contribution in [1.29, 1.82) is 0 Å². The lowest BCUT2D eigenvalue weighted by Gasteiger charge is -2.35.